The Bertz CT molecular complexity index is 537. The molecule has 0 spiro atoms. The normalized spacial score (nSPS) is 18.1. The standard InChI is InChI=1S/C13H14ClNO4S/c1-8-2-3-9(14)11(4-8)19-5-12(16)15-7-20-6-10(15)13(17)18/h2-4,10H,5-7H2,1H3,(H,17,18)/t10-/m0/s1. The number of aryl methyl sites for hydroxylation is 1. The van der Waals surface area contributed by atoms with Crippen molar-refractivity contribution in [2.75, 3.05) is 18.2 Å². The Labute approximate surface area is 125 Å². The summed E-state index contributed by atoms with van der Waals surface area (Å²) in [5.41, 5.74) is 0.969. The number of nitrogens with zero attached hydrogens (tertiary/aromatic N) is 1. The number of halogens is 1. The lowest BCUT2D eigenvalue weighted by molar-refractivity contribution is -0.148. The Morgan fingerprint density at radius 2 is 2.30 bits per heavy atom. The summed E-state index contributed by atoms with van der Waals surface area (Å²) in [6, 6.07) is 4.50. The third kappa shape index (κ3) is 3.37. The molecule has 1 aliphatic rings. The quantitative estimate of drug-likeness (QED) is 0.920. The minimum Gasteiger partial charge on any atom is -0.482 e. The number of hydrogen-bond acceptors (Lipinski definition) is 4. The fraction of sp³-hybridized carbons (Fsp3) is 0.385. The summed E-state index contributed by atoms with van der Waals surface area (Å²) in [5.74, 6) is -0.122. The number of carbonyl (C=O) groups excluding carboxylic acids is 1. The second kappa shape index (κ2) is 6.37. The number of ether oxygens (including phenoxy) is 1. The highest BCUT2D eigenvalue weighted by Gasteiger charge is 2.34. The summed E-state index contributed by atoms with van der Waals surface area (Å²) in [6.07, 6.45) is 0. The molecule has 20 heavy (non-hydrogen) atoms. The fourth-order valence-corrected chi connectivity index (χ4v) is 3.18. The van der Waals surface area contributed by atoms with Gasteiger partial charge in [0.25, 0.3) is 5.91 Å². The van der Waals surface area contributed by atoms with Crippen LogP contribution in [-0.4, -0.2) is 46.2 Å². The summed E-state index contributed by atoms with van der Waals surface area (Å²) in [5, 5.41) is 9.45. The minimum atomic E-state index is -0.989. The molecule has 108 valence electrons. The molecule has 1 fully saturated rings. The van der Waals surface area contributed by atoms with E-state index in [1.165, 1.54) is 16.7 Å². The lowest BCUT2D eigenvalue weighted by Crippen LogP contribution is -2.43. The summed E-state index contributed by atoms with van der Waals surface area (Å²) in [4.78, 5) is 24.3. The van der Waals surface area contributed by atoms with Gasteiger partial charge in [-0.05, 0) is 24.6 Å². The summed E-state index contributed by atoms with van der Waals surface area (Å²) < 4.78 is 5.39. The van der Waals surface area contributed by atoms with Gasteiger partial charge in [-0.25, -0.2) is 4.79 Å². The highest BCUT2D eigenvalue weighted by atomic mass is 35.5. The van der Waals surface area contributed by atoms with E-state index in [1.54, 1.807) is 12.1 Å². The third-order valence-electron chi connectivity index (χ3n) is 2.93. The molecule has 1 aliphatic heterocycles. The number of thioether (sulfide) groups is 1. The molecular weight excluding hydrogens is 302 g/mol. The Balaban J connectivity index is 1.98. The predicted octanol–water partition coefficient (Wildman–Crippen LogP) is 2.01. The van der Waals surface area contributed by atoms with Gasteiger partial charge in [-0.1, -0.05) is 17.7 Å². The van der Waals surface area contributed by atoms with Crippen LogP contribution in [0.2, 0.25) is 5.02 Å². The molecule has 0 bridgehead atoms. The van der Waals surface area contributed by atoms with Crippen molar-refractivity contribution in [1.82, 2.24) is 4.90 Å². The van der Waals surface area contributed by atoms with Crippen molar-refractivity contribution >= 4 is 35.2 Å². The monoisotopic (exact) mass is 315 g/mol. The average Bonchev–Trinajstić information content (AvgIpc) is 2.89. The molecule has 1 aromatic carbocycles. The van der Waals surface area contributed by atoms with E-state index in [4.69, 9.17) is 21.4 Å². The van der Waals surface area contributed by atoms with Gasteiger partial charge in [-0.3, -0.25) is 4.79 Å². The van der Waals surface area contributed by atoms with Crippen LogP contribution in [0.4, 0.5) is 0 Å². The average molecular weight is 316 g/mol. The Hall–Kier alpha value is -1.40. The van der Waals surface area contributed by atoms with E-state index in [9.17, 15) is 9.59 Å². The van der Waals surface area contributed by atoms with Crippen LogP contribution < -0.4 is 4.74 Å². The van der Waals surface area contributed by atoms with E-state index >= 15 is 0 Å². The molecule has 2 rings (SSSR count). The molecule has 0 aliphatic carbocycles. The van der Waals surface area contributed by atoms with Gasteiger partial charge in [-0.15, -0.1) is 11.8 Å². The fourth-order valence-electron chi connectivity index (χ4n) is 1.84. The van der Waals surface area contributed by atoms with Crippen LogP contribution in [0.3, 0.4) is 0 Å². The van der Waals surface area contributed by atoms with Gasteiger partial charge in [-0.2, -0.15) is 0 Å². The van der Waals surface area contributed by atoms with Crippen LogP contribution in [-0.2, 0) is 9.59 Å². The second-order valence-corrected chi connectivity index (χ2v) is 5.85. The molecule has 0 unspecified atom stereocenters. The Kier molecular flexibility index (Phi) is 4.77. The number of carbonyl (C=O) groups is 2. The van der Waals surface area contributed by atoms with Gasteiger partial charge in [0.05, 0.1) is 10.9 Å². The highest BCUT2D eigenvalue weighted by Crippen LogP contribution is 2.26. The van der Waals surface area contributed by atoms with Crippen molar-refractivity contribution in [2.45, 2.75) is 13.0 Å². The molecule has 1 N–H and O–H groups in total. The smallest absolute Gasteiger partial charge is 0.327 e. The molecule has 1 atom stereocenters. The van der Waals surface area contributed by atoms with Crippen molar-refractivity contribution in [3.63, 3.8) is 0 Å². The number of hydrogen-bond donors (Lipinski definition) is 1. The zero-order valence-electron chi connectivity index (χ0n) is 10.8. The number of carboxylic acid groups (broad SMARTS) is 1. The van der Waals surface area contributed by atoms with Crippen molar-refractivity contribution in [3.05, 3.63) is 28.8 Å². The molecule has 1 aromatic rings. The van der Waals surface area contributed by atoms with Gasteiger partial charge >= 0.3 is 5.97 Å². The van der Waals surface area contributed by atoms with Crippen molar-refractivity contribution in [2.24, 2.45) is 0 Å². The van der Waals surface area contributed by atoms with Crippen molar-refractivity contribution < 1.29 is 19.4 Å². The molecular formula is C13H14ClNO4S. The number of aliphatic carboxylic acids is 1. The van der Waals surface area contributed by atoms with Crippen molar-refractivity contribution in [3.8, 4) is 5.75 Å². The van der Waals surface area contributed by atoms with Crippen LogP contribution >= 0.6 is 23.4 Å². The summed E-state index contributed by atoms with van der Waals surface area (Å²) in [7, 11) is 0. The molecule has 1 saturated heterocycles. The maximum absolute atomic E-state index is 12.0. The molecule has 1 heterocycles. The number of rotatable bonds is 4. The zero-order valence-corrected chi connectivity index (χ0v) is 12.4. The molecule has 7 heteroatoms. The van der Waals surface area contributed by atoms with E-state index in [0.29, 0.717) is 22.4 Å². The Morgan fingerprint density at radius 1 is 1.55 bits per heavy atom. The first kappa shape index (κ1) is 15.0. The van der Waals surface area contributed by atoms with E-state index < -0.39 is 12.0 Å². The van der Waals surface area contributed by atoms with Crippen LogP contribution in [0.25, 0.3) is 0 Å². The molecule has 0 aromatic heterocycles. The lowest BCUT2D eigenvalue weighted by atomic mass is 10.2. The summed E-state index contributed by atoms with van der Waals surface area (Å²) >= 11 is 7.39. The molecule has 5 nitrogen and oxygen atoms in total. The second-order valence-electron chi connectivity index (χ2n) is 4.44. The first-order valence-corrected chi connectivity index (χ1v) is 7.51. The number of carboxylic acids is 1. The first-order chi connectivity index (χ1) is 9.49. The van der Waals surface area contributed by atoms with E-state index in [-0.39, 0.29) is 12.5 Å². The maximum atomic E-state index is 12.0. The van der Waals surface area contributed by atoms with Crippen LogP contribution in [0, 0.1) is 6.92 Å². The number of benzene rings is 1. The highest BCUT2D eigenvalue weighted by molar-refractivity contribution is 7.99. The molecule has 1 amide bonds. The van der Waals surface area contributed by atoms with Gasteiger partial charge in [0.2, 0.25) is 0 Å². The van der Waals surface area contributed by atoms with Crippen molar-refractivity contribution in [1.29, 1.82) is 0 Å². The SMILES string of the molecule is Cc1ccc(Cl)c(OCC(=O)N2CSC[C@H]2C(=O)O)c1. The largest absolute Gasteiger partial charge is 0.482 e. The predicted molar refractivity (Wildman–Crippen MR) is 77.3 cm³/mol. The van der Waals surface area contributed by atoms with Gasteiger partial charge in [0.1, 0.15) is 11.8 Å². The van der Waals surface area contributed by atoms with Crippen LogP contribution in [0.5, 0.6) is 5.75 Å². The zero-order chi connectivity index (χ0) is 14.7. The lowest BCUT2D eigenvalue weighted by Gasteiger charge is -2.20. The molecule has 0 radical (unpaired) electrons. The van der Waals surface area contributed by atoms with Gasteiger partial charge < -0.3 is 14.7 Å². The first-order valence-electron chi connectivity index (χ1n) is 5.98. The topological polar surface area (TPSA) is 66.8 Å². The number of amides is 1. The van der Waals surface area contributed by atoms with Gasteiger partial charge in [0, 0.05) is 5.75 Å². The summed E-state index contributed by atoms with van der Waals surface area (Å²) in [6.45, 7) is 1.68. The minimum absolute atomic E-state index is 0.215. The van der Waals surface area contributed by atoms with E-state index in [0.717, 1.165) is 5.56 Å². The Morgan fingerprint density at radius 3 is 3.00 bits per heavy atom. The van der Waals surface area contributed by atoms with Gasteiger partial charge in [0.15, 0.2) is 6.61 Å². The van der Waals surface area contributed by atoms with Crippen LogP contribution in [0.15, 0.2) is 18.2 Å². The molecule has 0 saturated carbocycles. The van der Waals surface area contributed by atoms with E-state index in [2.05, 4.69) is 0 Å². The van der Waals surface area contributed by atoms with Crippen LogP contribution in [0.1, 0.15) is 5.56 Å². The van der Waals surface area contributed by atoms with E-state index in [1.807, 2.05) is 13.0 Å². The third-order valence-corrected chi connectivity index (χ3v) is 4.25. The maximum Gasteiger partial charge on any atom is 0.327 e.